The molecule has 3 rings (SSSR count). The summed E-state index contributed by atoms with van der Waals surface area (Å²) in [5, 5.41) is 5.51. The molecule has 20 heavy (non-hydrogen) atoms. The summed E-state index contributed by atoms with van der Waals surface area (Å²) in [6.07, 6.45) is 0. The van der Waals surface area contributed by atoms with E-state index in [9.17, 15) is 4.39 Å². The maximum absolute atomic E-state index is 13.5. The number of nitrogens with two attached hydrogens (primary N) is 1. The monoisotopic (exact) mass is 269 g/mol. The predicted octanol–water partition coefficient (Wildman–Crippen LogP) is 3.07. The van der Waals surface area contributed by atoms with Crippen molar-refractivity contribution >= 4 is 10.9 Å². The van der Waals surface area contributed by atoms with Crippen LogP contribution in [0.15, 0.2) is 42.5 Å². The Morgan fingerprint density at radius 2 is 1.95 bits per heavy atom. The molecule has 1 atom stereocenters. The molecular weight excluding hydrogens is 253 g/mol. The molecule has 102 valence electrons. The number of hydrogen-bond acceptors (Lipinski definition) is 2. The molecule has 0 saturated carbocycles. The van der Waals surface area contributed by atoms with Crippen molar-refractivity contribution in [3.05, 3.63) is 65.1 Å². The van der Waals surface area contributed by atoms with Gasteiger partial charge in [-0.3, -0.25) is 4.68 Å². The predicted molar refractivity (Wildman–Crippen MR) is 77.9 cm³/mol. The van der Waals surface area contributed by atoms with Crippen molar-refractivity contribution in [2.75, 3.05) is 0 Å². The number of rotatable bonds is 2. The summed E-state index contributed by atoms with van der Waals surface area (Å²) in [7, 11) is 1.89. The van der Waals surface area contributed by atoms with Gasteiger partial charge in [-0.25, -0.2) is 4.39 Å². The number of aromatic nitrogens is 2. The summed E-state index contributed by atoms with van der Waals surface area (Å²) in [6.45, 7) is 1.93. The summed E-state index contributed by atoms with van der Waals surface area (Å²) < 4.78 is 15.3. The van der Waals surface area contributed by atoms with E-state index in [1.54, 1.807) is 10.7 Å². The van der Waals surface area contributed by atoms with E-state index in [-0.39, 0.29) is 5.82 Å². The van der Waals surface area contributed by atoms with Gasteiger partial charge in [0.05, 0.1) is 17.3 Å². The molecule has 1 unspecified atom stereocenters. The first-order valence-electron chi connectivity index (χ1n) is 6.51. The molecular formula is C16H16FN3. The second kappa shape index (κ2) is 4.72. The Morgan fingerprint density at radius 3 is 2.75 bits per heavy atom. The number of aryl methyl sites for hydroxylation is 2. The van der Waals surface area contributed by atoms with Crippen LogP contribution < -0.4 is 5.73 Å². The van der Waals surface area contributed by atoms with E-state index in [1.807, 2.05) is 38.2 Å². The van der Waals surface area contributed by atoms with Gasteiger partial charge in [-0.05, 0) is 36.2 Å². The highest BCUT2D eigenvalue weighted by molar-refractivity contribution is 5.82. The number of fused-ring (bicyclic) bond motifs is 1. The van der Waals surface area contributed by atoms with E-state index in [2.05, 4.69) is 5.10 Å². The number of hydrogen-bond donors (Lipinski definition) is 1. The quantitative estimate of drug-likeness (QED) is 0.777. The molecule has 0 fully saturated rings. The van der Waals surface area contributed by atoms with E-state index in [1.165, 1.54) is 12.1 Å². The average Bonchev–Trinajstić information content (AvgIpc) is 2.79. The van der Waals surface area contributed by atoms with Gasteiger partial charge in [0.1, 0.15) is 5.82 Å². The minimum Gasteiger partial charge on any atom is -0.319 e. The zero-order chi connectivity index (χ0) is 14.3. The first-order valence-corrected chi connectivity index (χ1v) is 6.51. The third-order valence-corrected chi connectivity index (χ3v) is 3.66. The van der Waals surface area contributed by atoms with E-state index in [0.29, 0.717) is 0 Å². The van der Waals surface area contributed by atoms with Crippen molar-refractivity contribution in [3.8, 4) is 0 Å². The third-order valence-electron chi connectivity index (χ3n) is 3.66. The van der Waals surface area contributed by atoms with E-state index >= 15 is 0 Å². The van der Waals surface area contributed by atoms with Gasteiger partial charge >= 0.3 is 0 Å². The first kappa shape index (κ1) is 12.8. The van der Waals surface area contributed by atoms with Crippen LogP contribution in [0.5, 0.6) is 0 Å². The normalized spacial score (nSPS) is 12.8. The van der Waals surface area contributed by atoms with Crippen LogP contribution in [0.3, 0.4) is 0 Å². The molecule has 1 aromatic heterocycles. The molecule has 0 amide bonds. The number of halogens is 1. The average molecular weight is 269 g/mol. The van der Waals surface area contributed by atoms with Gasteiger partial charge in [-0.15, -0.1) is 0 Å². The van der Waals surface area contributed by atoms with Crippen LogP contribution in [0, 0.1) is 12.7 Å². The van der Waals surface area contributed by atoms with Gasteiger partial charge in [-0.2, -0.15) is 5.10 Å². The molecule has 0 saturated heterocycles. The number of nitrogens with zero attached hydrogens (tertiary/aromatic N) is 2. The lowest BCUT2D eigenvalue weighted by Crippen LogP contribution is -2.15. The molecule has 1 heterocycles. The molecule has 0 aliphatic carbocycles. The Hall–Kier alpha value is -2.20. The summed E-state index contributed by atoms with van der Waals surface area (Å²) in [5.74, 6) is -0.277. The van der Waals surface area contributed by atoms with Crippen molar-refractivity contribution in [1.82, 2.24) is 9.78 Å². The minimum atomic E-state index is -0.434. The fraction of sp³-hybridized carbons (Fsp3) is 0.188. The molecule has 0 spiro atoms. The highest BCUT2D eigenvalue weighted by Gasteiger charge is 2.19. The van der Waals surface area contributed by atoms with Crippen LogP contribution in [0.2, 0.25) is 0 Å². The zero-order valence-electron chi connectivity index (χ0n) is 11.5. The lowest BCUT2D eigenvalue weighted by molar-refractivity contribution is 0.621. The Labute approximate surface area is 116 Å². The van der Waals surface area contributed by atoms with Crippen molar-refractivity contribution in [2.45, 2.75) is 13.0 Å². The smallest absolute Gasteiger partial charge is 0.123 e. The van der Waals surface area contributed by atoms with Gasteiger partial charge < -0.3 is 5.73 Å². The largest absolute Gasteiger partial charge is 0.319 e. The summed E-state index contributed by atoms with van der Waals surface area (Å²) in [6, 6.07) is 12.2. The highest BCUT2D eigenvalue weighted by Crippen LogP contribution is 2.28. The molecule has 0 radical (unpaired) electrons. The van der Waals surface area contributed by atoms with Crippen LogP contribution >= 0.6 is 0 Å². The maximum atomic E-state index is 13.5. The van der Waals surface area contributed by atoms with Crippen molar-refractivity contribution in [1.29, 1.82) is 0 Å². The lowest BCUT2D eigenvalue weighted by Gasteiger charge is -2.13. The van der Waals surface area contributed by atoms with Gasteiger partial charge in [0.25, 0.3) is 0 Å². The van der Waals surface area contributed by atoms with Crippen LogP contribution in [0.1, 0.15) is 22.9 Å². The van der Waals surface area contributed by atoms with Gasteiger partial charge in [0.2, 0.25) is 0 Å². The van der Waals surface area contributed by atoms with Crippen molar-refractivity contribution < 1.29 is 4.39 Å². The fourth-order valence-corrected chi connectivity index (χ4v) is 2.57. The standard InChI is InChI=1S/C16H16FN3/c1-10-7-8-11(17)9-13(10)15(18)16-12-5-3-4-6-14(12)20(2)19-16/h3-9,15H,18H2,1-2H3. The van der Waals surface area contributed by atoms with Gasteiger partial charge in [0, 0.05) is 12.4 Å². The van der Waals surface area contributed by atoms with Crippen LogP contribution in [-0.2, 0) is 7.05 Å². The molecule has 0 aliphatic heterocycles. The molecule has 2 N–H and O–H groups in total. The highest BCUT2D eigenvalue weighted by atomic mass is 19.1. The SMILES string of the molecule is Cc1ccc(F)cc1C(N)c1nn(C)c2ccccc12. The Bertz CT molecular complexity index is 776. The Kier molecular flexibility index (Phi) is 3.03. The molecule has 3 nitrogen and oxygen atoms in total. The molecule has 2 aromatic carbocycles. The second-order valence-corrected chi connectivity index (χ2v) is 5.00. The topological polar surface area (TPSA) is 43.8 Å². The second-order valence-electron chi connectivity index (χ2n) is 5.00. The maximum Gasteiger partial charge on any atom is 0.123 e. The molecule has 0 bridgehead atoms. The van der Waals surface area contributed by atoms with E-state index in [4.69, 9.17) is 5.73 Å². The lowest BCUT2D eigenvalue weighted by atomic mass is 9.97. The zero-order valence-corrected chi connectivity index (χ0v) is 11.5. The van der Waals surface area contributed by atoms with Crippen LogP contribution in [0.25, 0.3) is 10.9 Å². The summed E-state index contributed by atoms with van der Waals surface area (Å²) in [4.78, 5) is 0. The summed E-state index contributed by atoms with van der Waals surface area (Å²) >= 11 is 0. The van der Waals surface area contributed by atoms with Crippen molar-refractivity contribution in [3.63, 3.8) is 0 Å². The van der Waals surface area contributed by atoms with Crippen molar-refractivity contribution in [2.24, 2.45) is 12.8 Å². The van der Waals surface area contributed by atoms with Gasteiger partial charge in [0.15, 0.2) is 0 Å². The number of benzene rings is 2. The molecule has 3 aromatic rings. The van der Waals surface area contributed by atoms with Crippen LogP contribution in [0.4, 0.5) is 4.39 Å². The minimum absolute atomic E-state index is 0.277. The Balaban J connectivity index is 2.18. The Morgan fingerprint density at radius 1 is 1.20 bits per heavy atom. The van der Waals surface area contributed by atoms with E-state index < -0.39 is 6.04 Å². The molecule has 0 aliphatic rings. The van der Waals surface area contributed by atoms with E-state index in [0.717, 1.165) is 27.7 Å². The summed E-state index contributed by atoms with van der Waals surface area (Å²) in [5.41, 5.74) is 9.86. The number of para-hydroxylation sites is 1. The van der Waals surface area contributed by atoms with Gasteiger partial charge in [-0.1, -0.05) is 24.3 Å². The van der Waals surface area contributed by atoms with Crippen LogP contribution in [-0.4, -0.2) is 9.78 Å². The fourth-order valence-electron chi connectivity index (χ4n) is 2.57. The third kappa shape index (κ3) is 1.98. The first-order chi connectivity index (χ1) is 9.58. The molecule has 4 heteroatoms.